The predicted octanol–water partition coefficient (Wildman–Crippen LogP) is 3.74. The molecule has 0 bridgehead atoms. The lowest BCUT2D eigenvalue weighted by Crippen LogP contribution is -2.49. The first-order chi connectivity index (χ1) is 13.4. The van der Waals surface area contributed by atoms with Gasteiger partial charge in [-0.25, -0.2) is 0 Å². The Morgan fingerprint density at radius 3 is 2.39 bits per heavy atom. The SMILES string of the molecule is CC(=O)N(CCC(=O)N1CCN(c2cccc(Cl)c2)CC1)c1cccc(C)c1. The van der Waals surface area contributed by atoms with Gasteiger partial charge in [0.1, 0.15) is 0 Å². The first kappa shape index (κ1) is 20.2. The molecule has 0 spiro atoms. The number of hydrogen-bond acceptors (Lipinski definition) is 3. The van der Waals surface area contributed by atoms with Crippen LogP contribution in [0.1, 0.15) is 18.9 Å². The van der Waals surface area contributed by atoms with Gasteiger partial charge in [0.25, 0.3) is 0 Å². The van der Waals surface area contributed by atoms with Crippen molar-refractivity contribution < 1.29 is 9.59 Å². The summed E-state index contributed by atoms with van der Waals surface area (Å²) in [5.74, 6) is 0.0359. The Kier molecular flexibility index (Phi) is 6.57. The van der Waals surface area contributed by atoms with Crippen LogP contribution in [-0.4, -0.2) is 49.4 Å². The topological polar surface area (TPSA) is 43.9 Å². The molecule has 0 aliphatic carbocycles. The lowest BCUT2D eigenvalue weighted by molar-refractivity contribution is -0.131. The molecule has 0 unspecified atom stereocenters. The van der Waals surface area contributed by atoms with Crippen LogP contribution in [0.2, 0.25) is 5.02 Å². The van der Waals surface area contributed by atoms with E-state index in [-0.39, 0.29) is 11.8 Å². The Bertz CT molecular complexity index is 847. The molecule has 1 aliphatic heterocycles. The molecule has 1 aliphatic rings. The van der Waals surface area contributed by atoms with Crippen LogP contribution < -0.4 is 9.80 Å². The minimum Gasteiger partial charge on any atom is -0.368 e. The number of halogens is 1. The zero-order valence-corrected chi connectivity index (χ0v) is 17.2. The summed E-state index contributed by atoms with van der Waals surface area (Å²) >= 11 is 6.08. The van der Waals surface area contributed by atoms with Gasteiger partial charge in [0, 0.05) is 62.5 Å². The Hall–Kier alpha value is -2.53. The molecule has 1 heterocycles. The van der Waals surface area contributed by atoms with Crippen LogP contribution in [0.3, 0.4) is 0 Å². The first-order valence-corrected chi connectivity index (χ1v) is 9.95. The van der Waals surface area contributed by atoms with Crippen LogP contribution in [0.25, 0.3) is 0 Å². The van der Waals surface area contributed by atoms with Crippen molar-refractivity contribution in [1.82, 2.24) is 4.90 Å². The number of aryl methyl sites for hydroxylation is 1. The standard InChI is InChI=1S/C22H26ClN3O2/c1-17-5-3-8-21(15-17)26(18(2)27)10-9-22(28)25-13-11-24(12-14-25)20-7-4-6-19(23)16-20/h3-8,15-16H,9-14H2,1-2H3. The molecule has 3 rings (SSSR count). The molecule has 2 amide bonds. The number of rotatable bonds is 5. The highest BCUT2D eigenvalue weighted by molar-refractivity contribution is 6.30. The summed E-state index contributed by atoms with van der Waals surface area (Å²) in [6, 6.07) is 15.6. The minimum absolute atomic E-state index is 0.0517. The molecule has 0 radical (unpaired) electrons. The quantitative estimate of drug-likeness (QED) is 0.769. The molecule has 28 heavy (non-hydrogen) atoms. The summed E-state index contributed by atoms with van der Waals surface area (Å²) < 4.78 is 0. The van der Waals surface area contributed by atoms with Gasteiger partial charge in [-0.3, -0.25) is 9.59 Å². The maximum atomic E-state index is 12.7. The number of carbonyl (C=O) groups excluding carboxylic acids is 2. The van der Waals surface area contributed by atoms with Crippen LogP contribution in [0.4, 0.5) is 11.4 Å². The van der Waals surface area contributed by atoms with E-state index in [2.05, 4.69) is 4.90 Å². The predicted molar refractivity (Wildman–Crippen MR) is 114 cm³/mol. The molecule has 2 aromatic rings. The highest BCUT2D eigenvalue weighted by Crippen LogP contribution is 2.21. The highest BCUT2D eigenvalue weighted by Gasteiger charge is 2.22. The third-order valence-corrected chi connectivity index (χ3v) is 5.28. The normalized spacial score (nSPS) is 14.1. The number of amides is 2. The number of benzene rings is 2. The maximum absolute atomic E-state index is 12.7. The van der Waals surface area contributed by atoms with E-state index in [0.717, 1.165) is 35.1 Å². The van der Waals surface area contributed by atoms with E-state index < -0.39 is 0 Å². The van der Waals surface area contributed by atoms with Crippen LogP contribution in [-0.2, 0) is 9.59 Å². The van der Waals surface area contributed by atoms with E-state index in [9.17, 15) is 9.59 Å². The van der Waals surface area contributed by atoms with E-state index in [1.165, 1.54) is 6.92 Å². The third kappa shape index (κ3) is 5.04. The van der Waals surface area contributed by atoms with Crippen molar-refractivity contribution in [2.45, 2.75) is 20.3 Å². The average Bonchev–Trinajstić information content (AvgIpc) is 2.68. The highest BCUT2D eigenvalue weighted by atomic mass is 35.5. The Morgan fingerprint density at radius 2 is 1.75 bits per heavy atom. The molecule has 1 fully saturated rings. The fourth-order valence-corrected chi connectivity index (χ4v) is 3.70. The number of carbonyl (C=O) groups is 2. The molecular weight excluding hydrogens is 374 g/mol. The summed E-state index contributed by atoms with van der Waals surface area (Å²) in [7, 11) is 0. The zero-order chi connectivity index (χ0) is 20.1. The van der Waals surface area contributed by atoms with E-state index in [1.54, 1.807) is 4.90 Å². The lowest BCUT2D eigenvalue weighted by Gasteiger charge is -2.36. The molecular formula is C22H26ClN3O2. The van der Waals surface area contributed by atoms with Crippen LogP contribution in [0.15, 0.2) is 48.5 Å². The van der Waals surface area contributed by atoms with Crippen molar-refractivity contribution in [3.05, 3.63) is 59.1 Å². The second kappa shape index (κ2) is 9.11. The smallest absolute Gasteiger partial charge is 0.224 e. The summed E-state index contributed by atoms with van der Waals surface area (Å²) in [5.41, 5.74) is 3.01. The maximum Gasteiger partial charge on any atom is 0.224 e. The van der Waals surface area contributed by atoms with Crippen molar-refractivity contribution in [2.24, 2.45) is 0 Å². The van der Waals surface area contributed by atoms with E-state index in [1.807, 2.05) is 60.4 Å². The van der Waals surface area contributed by atoms with Gasteiger partial charge in [-0.15, -0.1) is 0 Å². The van der Waals surface area contributed by atoms with Crippen molar-refractivity contribution in [1.29, 1.82) is 0 Å². The Morgan fingerprint density at radius 1 is 1.04 bits per heavy atom. The van der Waals surface area contributed by atoms with Gasteiger partial charge < -0.3 is 14.7 Å². The monoisotopic (exact) mass is 399 g/mol. The summed E-state index contributed by atoms with van der Waals surface area (Å²) in [5, 5.41) is 0.719. The molecule has 1 saturated heterocycles. The molecule has 6 heteroatoms. The molecule has 0 N–H and O–H groups in total. The van der Waals surface area contributed by atoms with Crippen LogP contribution in [0.5, 0.6) is 0 Å². The van der Waals surface area contributed by atoms with E-state index in [4.69, 9.17) is 11.6 Å². The average molecular weight is 400 g/mol. The van der Waals surface area contributed by atoms with Gasteiger partial charge in [-0.1, -0.05) is 29.8 Å². The largest absolute Gasteiger partial charge is 0.368 e. The van der Waals surface area contributed by atoms with Crippen molar-refractivity contribution in [2.75, 3.05) is 42.5 Å². The summed E-state index contributed by atoms with van der Waals surface area (Å²) in [6.07, 6.45) is 0.324. The molecule has 0 aromatic heterocycles. The first-order valence-electron chi connectivity index (χ1n) is 9.57. The fraction of sp³-hybridized carbons (Fsp3) is 0.364. The van der Waals surface area contributed by atoms with E-state index in [0.29, 0.717) is 26.1 Å². The Labute approximate surface area is 171 Å². The van der Waals surface area contributed by atoms with Crippen molar-refractivity contribution >= 4 is 34.8 Å². The van der Waals surface area contributed by atoms with Gasteiger partial charge in [0.05, 0.1) is 0 Å². The Balaban J connectivity index is 1.54. The van der Waals surface area contributed by atoms with Gasteiger partial charge in [0.2, 0.25) is 11.8 Å². The second-order valence-corrected chi connectivity index (χ2v) is 7.54. The van der Waals surface area contributed by atoms with Gasteiger partial charge >= 0.3 is 0 Å². The molecule has 2 aromatic carbocycles. The van der Waals surface area contributed by atoms with Gasteiger partial charge in [-0.05, 0) is 42.8 Å². The molecule has 0 saturated carbocycles. The van der Waals surface area contributed by atoms with Gasteiger partial charge in [0.15, 0.2) is 0 Å². The number of hydrogen-bond donors (Lipinski definition) is 0. The molecule has 148 valence electrons. The number of piperazine rings is 1. The van der Waals surface area contributed by atoms with Crippen molar-refractivity contribution in [3.8, 4) is 0 Å². The molecule has 0 atom stereocenters. The summed E-state index contributed by atoms with van der Waals surface area (Å²) in [4.78, 5) is 30.5. The number of nitrogens with zero attached hydrogens (tertiary/aromatic N) is 3. The van der Waals surface area contributed by atoms with Gasteiger partial charge in [-0.2, -0.15) is 0 Å². The lowest BCUT2D eigenvalue weighted by atomic mass is 10.2. The summed E-state index contributed by atoms with van der Waals surface area (Å²) in [6.45, 7) is 6.83. The fourth-order valence-electron chi connectivity index (χ4n) is 3.52. The molecule has 5 nitrogen and oxygen atoms in total. The van der Waals surface area contributed by atoms with Crippen LogP contribution >= 0.6 is 11.6 Å². The van der Waals surface area contributed by atoms with Crippen LogP contribution in [0, 0.1) is 6.92 Å². The minimum atomic E-state index is -0.0517. The second-order valence-electron chi connectivity index (χ2n) is 7.11. The van der Waals surface area contributed by atoms with Crippen molar-refractivity contribution in [3.63, 3.8) is 0 Å². The number of anilines is 2. The third-order valence-electron chi connectivity index (χ3n) is 5.05. The zero-order valence-electron chi connectivity index (χ0n) is 16.4. The van der Waals surface area contributed by atoms with E-state index >= 15 is 0 Å².